The number of alkyl halides is 9. The average Bonchev–Trinajstić information content (AvgIpc) is 2.27. The Kier molecular flexibility index (Phi) is 23.7. The molecule has 0 radical (unpaired) electrons. The summed E-state index contributed by atoms with van der Waals surface area (Å²) in [5.74, 6) is 1.08. The predicted octanol–water partition coefficient (Wildman–Crippen LogP) is 16.5. The fourth-order valence-electron chi connectivity index (χ4n) is 9.75. The first-order valence-corrected chi connectivity index (χ1v) is 29.3. The minimum atomic E-state index is -4.38. The van der Waals surface area contributed by atoms with Crippen LogP contribution in [0.1, 0.15) is 89.0 Å². The van der Waals surface area contributed by atoms with Crippen LogP contribution < -0.4 is 26.6 Å². The number of nitrogens with two attached hydrogens (primary N) is 1. The summed E-state index contributed by atoms with van der Waals surface area (Å²) in [5, 5.41) is 39.4. The monoisotopic (exact) mass is 1360 g/mol. The van der Waals surface area contributed by atoms with Crippen LogP contribution >= 0.6 is 43.5 Å². The van der Waals surface area contributed by atoms with Gasteiger partial charge in [-0.15, -0.1) is 15.3 Å². The van der Waals surface area contributed by atoms with Crippen molar-refractivity contribution in [1.82, 2.24) is 35.9 Å². The second-order valence-corrected chi connectivity index (χ2v) is 22.5. The molecule has 87 heavy (non-hydrogen) atoms. The van der Waals surface area contributed by atoms with E-state index in [0.29, 0.717) is 46.7 Å². The predicted molar refractivity (Wildman–Crippen MR) is 331 cm³/mol. The Hall–Kier alpha value is -6.80. The minimum absolute atomic E-state index is 0.212. The van der Waals surface area contributed by atoms with E-state index in [0.717, 1.165) is 105 Å². The van der Waals surface area contributed by atoms with Crippen molar-refractivity contribution in [3.8, 4) is 0 Å². The van der Waals surface area contributed by atoms with Gasteiger partial charge in [0.05, 0.1) is 73.8 Å². The van der Waals surface area contributed by atoms with Crippen LogP contribution in [0.15, 0.2) is 137 Å². The first-order valence-electron chi connectivity index (χ1n) is 27.4. The van der Waals surface area contributed by atoms with E-state index in [-0.39, 0.29) is 34.8 Å². The number of hydrogen-bond donors (Lipinski definition) is 4. The van der Waals surface area contributed by atoms with Crippen molar-refractivity contribution in [2.75, 3.05) is 68.1 Å². The van der Waals surface area contributed by atoms with Crippen LogP contribution in [0.2, 0.25) is 5.15 Å². The molecule has 5 N–H and O–H groups in total. The molecular weight excluding hydrogens is 1300 g/mol. The smallest absolute Gasteiger partial charge is 0.379 e. The summed E-state index contributed by atoms with van der Waals surface area (Å²) in [7, 11) is 0. The number of halogens is 12. The Morgan fingerprint density at radius 3 is 1.34 bits per heavy atom. The SMILES string of the molecule is C1COCCN1.Cc1c([C@@H](C)N)cccc1C(F)(F)F.Cc1c([C@@H](C)Nc2nncc3ccc(Br)cc23)cccc1C(F)(F)F.Cc1c([C@@H](C)Nc2nncc3ccc(N4CCOCC4)cc23)cccc1C(F)(F)F.Clc1nncc2ccc(Br)cc12. The van der Waals surface area contributed by atoms with Gasteiger partial charge in [0.15, 0.2) is 16.8 Å². The lowest BCUT2D eigenvalue weighted by molar-refractivity contribution is -0.138. The van der Waals surface area contributed by atoms with Crippen molar-refractivity contribution >= 4 is 93.1 Å². The van der Waals surface area contributed by atoms with E-state index in [2.05, 4.69) is 83.3 Å². The van der Waals surface area contributed by atoms with Crippen molar-refractivity contribution in [3.05, 3.63) is 192 Å². The third-order valence-electron chi connectivity index (χ3n) is 14.2. The molecule has 11 rings (SSSR count). The molecule has 2 aliphatic rings. The summed E-state index contributed by atoms with van der Waals surface area (Å²) in [6, 6.07) is 29.0. The van der Waals surface area contributed by atoms with Crippen molar-refractivity contribution < 1.29 is 49.0 Å². The molecule has 0 aliphatic carbocycles. The van der Waals surface area contributed by atoms with Crippen LogP contribution in [0.3, 0.4) is 0 Å². The Labute approximate surface area is 519 Å². The fourth-order valence-corrected chi connectivity index (χ4v) is 10.7. The topological polar surface area (TPSA) is 161 Å². The number of hydrogen-bond acceptors (Lipinski definition) is 13. The molecule has 5 heterocycles. The van der Waals surface area contributed by atoms with Gasteiger partial charge in [-0.3, -0.25) is 0 Å². The average molecular weight is 1360 g/mol. The molecule has 6 aromatic carbocycles. The summed E-state index contributed by atoms with van der Waals surface area (Å²) < 4.78 is 129. The van der Waals surface area contributed by atoms with E-state index in [1.165, 1.54) is 39.0 Å². The van der Waals surface area contributed by atoms with Gasteiger partial charge in [0.25, 0.3) is 0 Å². The summed E-state index contributed by atoms with van der Waals surface area (Å²) >= 11 is 12.6. The summed E-state index contributed by atoms with van der Waals surface area (Å²) in [4.78, 5) is 2.24. The zero-order valence-corrected chi connectivity index (χ0v) is 52.0. The molecule has 2 aliphatic heterocycles. The second kappa shape index (κ2) is 30.4. The fraction of sp³-hybridized carbons (Fsp3) is 0.323. The molecule has 13 nitrogen and oxygen atoms in total. The third kappa shape index (κ3) is 18.4. The Bertz CT molecular complexity index is 3750. The highest BCUT2D eigenvalue weighted by molar-refractivity contribution is 9.10. The van der Waals surface area contributed by atoms with Gasteiger partial charge in [-0.25, -0.2) is 0 Å². The zero-order chi connectivity index (χ0) is 63.2. The van der Waals surface area contributed by atoms with Crippen LogP contribution in [0.4, 0.5) is 56.8 Å². The number of fused-ring (bicyclic) bond motifs is 3. The van der Waals surface area contributed by atoms with Gasteiger partial charge in [0.2, 0.25) is 0 Å². The van der Waals surface area contributed by atoms with Gasteiger partial charge in [-0.2, -0.15) is 54.8 Å². The first-order chi connectivity index (χ1) is 41.2. The largest absolute Gasteiger partial charge is 0.416 e. The normalized spacial score (nSPS) is 14.6. The number of ether oxygens (including phenoxy) is 2. The van der Waals surface area contributed by atoms with E-state index in [4.69, 9.17) is 26.8 Å². The van der Waals surface area contributed by atoms with Crippen molar-refractivity contribution in [1.29, 1.82) is 0 Å². The van der Waals surface area contributed by atoms with Crippen LogP contribution in [0.5, 0.6) is 0 Å². The lowest BCUT2D eigenvalue weighted by atomic mass is 9.97. The molecule has 0 amide bonds. The van der Waals surface area contributed by atoms with Gasteiger partial charge < -0.3 is 36.1 Å². The van der Waals surface area contributed by atoms with E-state index in [1.807, 2.05) is 61.5 Å². The maximum Gasteiger partial charge on any atom is 0.416 e. The van der Waals surface area contributed by atoms with Crippen LogP contribution in [-0.4, -0.2) is 83.2 Å². The molecule has 25 heteroatoms. The van der Waals surface area contributed by atoms with Gasteiger partial charge in [0.1, 0.15) is 0 Å². The van der Waals surface area contributed by atoms with Crippen molar-refractivity contribution in [2.24, 2.45) is 5.73 Å². The van der Waals surface area contributed by atoms with Gasteiger partial charge in [-0.1, -0.05) is 98.1 Å². The lowest BCUT2D eigenvalue weighted by Gasteiger charge is -2.29. The minimum Gasteiger partial charge on any atom is -0.379 e. The zero-order valence-electron chi connectivity index (χ0n) is 48.1. The molecule has 9 aromatic rings. The number of aromatic nitrogens is 6. The van der Waals surface area contributed by atoms with Gasteiger partial charge in [0, 0.05) is 79.2 Å². The number of nitrogens with one attached hydrogen (secondary N) is 3. The van der Waals surface area contributed by atoms with Gasteiger partial charge in [-0.05, 0) is 130 Å². The van der Waals surface area contributed by atoms with Crippen LogP contribution in [0.25, 0.3) is 32.3 Å². The van der Waals surface area contributed by atoms with Gasteiger partial charge >= 0.3 is 18.5 Å². The molecule has 2 saturated heterocycles. The molecule has 0 bridgehead atoms. The Morgan fingerprint density at radius 2 is 0.920 bits per heavy atom. The second-order valence-electron chi connectivity index (χ2n) is 20.3. The standard InChI is InChI=1S/C22H23F3N4O.C18H15BrF3N3.C10H12F3N.C8H4BrClN2.C4H9NO/c1-14-18(4-3-5-20(14)22(23,24)25)15(2)27-21-19-12-17(29-8-10-30-11-9-29)7-6-16(19)13-26-28-21;1-10-14(4-3-5-16(10)18(20,21)22)11(2)24-17-15-8-13(19)7-6-12(15)9-23-25-17;1-6-8(7(2)14)4-3-5-9(6)10(11,12)13;9-6-2-1-5-4-11-12-8(10)7(5)3-6;1-3-6-4-2-5-1/h3-7,12-13,15H,8-11H2,1-2H3,(H,27,28);3-9,11H,1-2H3,(H,24,25);3-5,7H,14H2,1-2H3;1-4H;5H,1-4H2/t15-;11-;7-;;/m111../s1. The highest BCUT2D eigenvalue weighted by Crippen LogP contribution is 2.39. The molecule has 0 spiro atoms. The maximum absolute atomic E-state index is 13.3. The molecule has 2 fully saturated rings. The number of benzene rings is 6. The van der Waals surface area contributed by atoms with Crippen molar-refractivity contribution in [2.45, 2.75) is 78.2 Å². The van der Waals surface area contributed by atoms with E-state index in [9.17, 15) is 39.5 Å². The molecule has 0 unspecified atom stereocenters. The summed E-state index contributed by atoms with van der Waals surface area (Å²) in [5.41, 5.74) is 7.11. The number of rotatable bonds is 8. The van der Waals surface area contributed by atoms with Crippen LogP contribution in [-0.2, 0) is 28.0 Å². The highest BCUT2D eigenvalue weighted by atomic mass is 79.9. The molecule has 3 aromatic heterocycles. The molecule has 0 saturated carbocycles. The Morgan fingerprint density at radius 1 is 0.529 bits per heavy atom. The number of morpholine rings is 2. The van der Waals surface area contributed by atoms with E-state index in [1.54, 1.807) is 50.6 Å². The molecule has 462 valence electrons. The summed E-state index contributed by atoms with van der Waals surface area (Å²) in [6.45, 7) is 16.6. The number of nitrogens with zero attached hydrogens (tertiary/aromatic N) is 7. The van der Waals surface area contributed by atoms with E-state index < -0.39 is 35.2 Å². The van der Waals surface area contributed by atoms with E-state index >= 15 is 0 Å². The van der Waals surface area contributed by atoms with Crippen LogP contribution in [0, 0.1) is 20.8 Å². The maximum atomic E-state index is 13.3. The highest BCUT2D eigenvalue weighted by Gasteiger charge is 2.35. The lowest BCUT2D eigenvalue weighted by Crippen LogP contribution is -2.36. The molecule has 3 atom stereocenters. The Balaban J connectivity index is 0.000000169. The quantitative estimate of drug-likeness (QED) is 0.107. The number of anilines is 3. The first kappa shape index (κ1) is 67.7. The summed E-state index contributed by atoms with van der Waals surface area (Å²) in [6.07, 6.45) is -8.03. The molecular formula is C62H63Br2ClF9N11O2. The van der Waals surface area contributed by atoms with Crippen molar-refractivity contribution in [3.63, 3.8) is 0 Å². The third-order valence-corrected chi connectivity index (χ3v) is 15.5.